The molecule has 0 radical (unpaired) electrons. The predicted molar refractivity (Wildman–Crippen MR) is 121 cm³/mol. The second-order valence-electron chi connectivity index (χ2n) is 6.97. The largest absolute Gasteiger partial charge is 0.453 e. The van der Waals surface area contributed by atoms with Gasteiger partial charge in [-0.1, -0.05) is 24.3 Å². The number of hydrogen-bond acceptors (Lipinski definition) is 6. The highest BCUT2D eigenvalue weighted by molar-refractivity contribution is 5.94. The third kappa shape index (κ3) is 4.99. The van der Waals surface area contributed by atoms with Gasteiger partial charge < -0.3 is 15.4 Å². The highest BCUT2D eigenvalue weighted by Crippen LogP contribution is 2.28. The fourth-order valence-electron chi connectivity index (χ4n) is 2.97. The first-order valence-corrected chi connectivity index (χ1v) is 9.93. The monoisotopic (exact) mass is 427 g/mol. The van der Waals surface area contributed by atoms with E-state index in [4.69, 9.17) is 4.74 Å². The third-order valence-corrected chi connectivity index (χ3v) is 4.67. The molecule has 0 atom stereocenters. The average molecular weight is 427 g/mol. The normalized spacial score (nSPS) is 10.4. The first kappa shape index (κ1) is 20.8. The van der Waals surface area contributed by atoms with Gasteiger partial charge in [-0.3, -0.25) is 14.6 Å². The molecule has 0 aliphatic rings. The van der Waals surface area contributed by atoms with Crippen LogP contribution in [-0.4, -0.2) is 20.7 Å². The van der Waals surface area contributed by atoms with Gasteiger partial charge in [-0.05, 0) is 48.0 Å². The Balaban J connectivity index is 1.49. The number of pyridine rings is 1. The summed E-state index contributed by atoms with van der Waals surface area (Å²) in [5, 5.41) is 9.99. The van der Waals surface area contributed by atoms with E-state index in [2.05, 4.69) is 20.7 Å². The van der Waals surface area contributed by atoms with Crippen molar-refractivity contribution in [1.29, 1.82) is 0 Å². The Morgan fingerprint density at radius 2 is 1.78 bits per heavy atom. The smallest absolute Gasteiger partial charge is 0.294 e. The van der Waals surface area contributed by atoms with Crippen molar-refractivity contribution < 1.29 is 9.53 Å². The number of ether oxygens (including phenoxy) is 1. The highest BCUT2D eigenvalue weighted by Gasteiger charge is 2.13. The molecule has 4 aromatic rings. The summed E-state index contributed by atoms with van der Waals surface area (Å²) in [7, 11) is 1.56. The Hall–Kier alpha value is -4.46. The summed E-state index contributed by atoms with van der Waals surface area (Å²) in [6.07, 6.45) is 4.87. The van der Waals surface area contributed by atoms with Crippen LogP contribution in [0, 0.1) is 0 Å². The van der Waals surface area contributed by atoms with Crippen LogP contribution in [0.4, 0.5) is 11.4 Å². The number of nitrogens with one attached hydrogen (secondary N) is 2. The van der Waals surface area contributed by atoms with Gasteiger partial charge >= 0.3 is 0 Å². The van der Waals surface area contributed by atoms with Crippen molar-refractivity contribution in [3.63, 3.8) is 0 Å². The molecule has 4 rings (SSSR count). The third-order valence-electron chi connectivity index (χ3n) is 4.67. The minimum atomic E-state index is -0.336. The van der Waals surface area contributed by atoms with Crippen molar-refractivity contribution >= 4 is 17.3 Å². The fourth-order valence-corrected chi connectivity index (χ4v) is 2.97. The number of carbonyl (C=O) groups excluding carboxylic acids is 1. The van der Waals surface area contributed by atoms with Crippen molar-refractivity contribution in [3.8, 4) is 11.5 Å². The molecule has 0 bridgehead atoms. The van der Waals surface area contributed by atoms with E-state index in [1.165, 1.54) is 10.9 Å². The number of anilines is 2. The summed E-state index contributed by atoms with van der Waals surface area (Å²) >= 11 is 0. The van der Waals surface area contributed by atoms with Gasteiger partial charge in [0, 0.05) is 37.2 Å². The Morgan fingerprint density at radius 3 is 2.50 bits per heavy atom. The highest BCUT2D eigenvalue weighted by atomic mass is 16.5. The van der Waals surface area contributed by atoms with E-state index in [1.54, 1.807) is 55.8 Å². The lowest BCUT2D eigenvalue weighted by Gasteiger charge is -2.13. The van der Waals surface area contributed by atoms with Crippen LogP contribution in [0.1, 0.15) is 15.9 Å². The molecule has 0 spiro atoms. The molecule has 2 heterocycles. The number of aryl methyl sites for hydroxylation is 1. The number of carbonyl (C=O) groups is 1. The Kier molecular flexibility index (Phi) is 6.22. The summed E-state index contributed by atoms with van der Waals surface area (Å²) in [5.74, 6) is 0.692. The molecule has 0 unspecified atom stereocenters. The zero-order valence-corrected chi connectivity index (χ0v) is 17.4. The molecule has 160 valence electrons. The van der Waals surface area contributed by atoms with E-state index in [-0.39, 0.29) is 17.2 Å². The number of hydrogen-bond donors (Lipinski definition) is 2. The Labute approximate surface area is 184 Å². The van der Waals surface area contributed by atoms with Crippen molar-refractivity contribution in [2.45, 2.75) is 6.54 Å². The number of amides is 1. The van der Waals surface area contributed by atoms with Gasteiger partial charge in [-0.25, -0.2) is 4.68 Å². The van der Waals surface area contributed by atoms with Crippen molar-refractivity contribution in [3.05, 3.63) is 107 Å². The van der Waals surface area contributed by atoms with Gasteiger partial charge in [0.25, 0.3) is 11.5 Å². The molecule has 8 nitrogen and oxygen atoms in total. The minimum absolute atomic E-state index is 0.201. The van der Waals surface area contributed by atoms with E-state index < -0.39 is 0 Å². The first-order chi connectivity index (χ1) is 15.6. The molecular weight excluding hydrogens is 406 g/mol. The van der Waals surface area contributed by atoms with Crippen LogP contribution in [0.5, 0.6) is 11.5 Å². The maximum atomic E-state index is 12.7. The summed E-state index contributed by atoms with van der Waals surface area (Å²) < 4.78 is 7.07. The number of para-hydroxylation sites is 1. The number of aromatic nitrogens is 3. The van der Waals surface area contributed by atoms with Crippen molar-refractivity contribution in [2.75, 3.05) is 5.32 Å². The van der Waals surface area contributed by atoms with Gasteiger partial charge in [0.15, 0.2) is 11.4 Å². The Morgan fingerprint density at radius 1 is 1.00 bits per heavy atom. The molecule has 2 aromatic heterocycles. The molecule has 0 saturated carbocycles. The molecule has 0 saturated heterocycles. The average Bonchev–Trinajstić information content (AvgIpc) is 2.84. The Bertz CT molecular complexity index is 1260. The molecule has 2 aromatic carbocycles. The van der Waals surface area contributed by atoms with E-state index in [0.29, 0.717) is 29.3 Å². The van der Waals surface area contributed by atoms with Crippen LogP contribution in [0.15, 0.2) is 90.1 Å². The lowest BCUT2D eigenvalue weighted by atomic mass is 10.2. The van der Waals surface area contributed by atoms with E-state index in [1.807, 2.05) is 30.3 Å². The maximum Gasteiger partial charge on any atom is 0.294 e. The quantitative estimate of drug-likeness (QED) is 0.467. The van der Waals surface area contributed by atoms with Gasteiger partial charge in [0.05, 0.1) is 6.20 Å². The van der Waals surface area contributed by atoms with Gasteiger partial charge in [-0.2, -0.15) is 5.10 Å². The summed E-state index contributed by atoms with van der Waals surface area (Å²) in [4.78, 5) is 29.1. The molecule has 32 heavy (non-hydrogen) atoms. The summed E-state index contributed by atoms with van der Waals surface area (Å²) in [5.41, 5.74) is 1.97. The zero-order valence-electron chi connectivity index (χ0n) is 17.4. The van der Waals surface area contributed by atoms with Crippen LogP contribution in [0.25, 0.3) is 0 Å². The maximum absolute atomic E-state index is 12.7. The van der Waals surface area contributed by atoms with Crippen LogP contribution >= 0.6 is 0 Å². The summed E-state index contributed by atoms with van der Waals surface area (Å²) in [6.45, 7) is 0.389. The molecular formula is C24H21N5O3. The van der Waals surface area contributed by atoms with Crippen LogP contribution < -0.4 is 20.9 Å². The molecule has 2 N–H and O–H groups in total. The van der Waals surface area contributed by atoms with Gasteiger partial charge in [0.1, 0.15) is 5.75 Å². The minimum Gasteiger partial charge on any atom is -0.453 e. The van der Waals surface area contributed by atoms with Gasteiger partial charge in [-0.15, -0.1) is 0 Å². The van der Waals surface area contributed by atoms with E-state index in [9.17, 15) is 9.59 Å². The summed E-state index contributed by atoms with van der Waals surface area (Å²) in [6, 6.07) is 19.7. The topological polar surface area (TPSA) is 98.1 Å². The molecule has 1 amide bonds. The second kappa shape index (κ2) is 9.57. The lowest BCUT2D eigenvalue weighted by Crippen LogP contribution is -2.23. The van der Waals surface area contributed by atoms with Crippen LogP contribution in [-0.2, 0) is 13.6 Å². The number of nitrogens with zero attached hydrogens (tertiary/aromatic N) is 3. The second-order valence-corrected chi connectivity index (χ2v) is 6.97. The molecule has 8 heteroatoms. The van der Waals surface area contributed by atoms with Crippen LogP contribution in [0.3, 0.4) is 0 Å². The SMILES string of the molecule is Cn1ncc(Oc2ccccc2)c(Nc2ccc(C(=O)NCc3cccnc3)cc2)c1=O. The predicted octanol–water partition coefficient (Wildman–Crippen LogP) is 3.64. The van der Waals surface area contributed by atoms with Crippen LogP contribution in [0.2, 0.25) is 0 Å². The van der Waals surface area contributed by atoms with E-state index >= 15 is 0 Å². The fraction of sp³-hybridized carbons (Fsp3) is 0.0833. The first-order valence-electron chi connectivity index (χ1n) is 9.93. The standard InChI is InChI=1S/C24H21N5O3/c1-29-24(31)22(21(16-27-29)32-20-7-3-2-4-8-20)28-19-11-9-18(10-12-19)23(30)26-15-17-6-5-13-25-14-17/h2-14,16,28H,15H2,1H3,(H,26,30). The zero-order chi connectivity index (χ0) is 22.3. The number of benzene rings is 2. The lowest BCUT2D eigenvalue weighted by molar-refractivity contribution is 0.0951. The molecule has 0 aliphatic heterocycles. The van der Waals surface area contributed by atoms with Crippen molar-refractivity contribution in [2.24, 2.45) is 7.05 Å². The van der Waals surface area contributed by atoms with Gasteiger partial charge in [0.2, 0.25) is 0 Å². The number of rotatable bonds is 7. The molecule has 0 aliphatic carbocycles. The van der Waals surface area contributed by atoms with E-state index in [0.717, 1.165) is 5.56 Å². The van der Waals surface area contributed by atoms with Crippen molar-refractivity contribution in [1.82, 2.24) is 20.1 Å². The molecule has 0 fully saturated rings.